The zero-order chi connectivity index (χ0) is 8.50. The smallest absolute Gasteiger partial charge is 0.0311 e. The second-order valence-corrected chi connectivity index (χ2v) is 1.22. The van der Waals surface area contributed by atoms with Gasteiger partial charge in [-0.2, -0.15) is 0 Å². The second kappa shape index (κ2) is 10.6. The van der Waals surface area contributed by atoms with Gasteiger partial charge in [-0.05, 0) is 0 Å². The lowest BCUT2D eigenvalue weighted by molar-refractivity contribution is -0.670. The van der Waals surface area contributed by atoms with Gasteiger partial charge in [0.15, 0.2) is 0 Å². The van der Waals surface area contributed by atoms with Crippen LogP contribution in [0, 0.1) is 0 Å². The van der Waals surface area contributed by atoms with Crippen LogP contribution in [0.3, 0.4) is 0 Å². The van der Waals surface area contributed by atoms with Gasteiger partial charge < -0.3 is 9.11 Å². The SMILES string of the molecule is O=S(=O)([O-])[O-].[NH3+]O.[NH3+]O. The molecule has 0 saturated carbocycles. The van der Waals surface area contributed by atoms with Gasteiger partial charge in [0, 0.05) is 10.4 Å². The van der Waals surface area contributed by atoms with Crippen LogP contribution in [-0.2, 0) is 10.4 Å². The van der Waals surface area contributed by atoms with Crippen molar-refractivity contribution in [2.24, 2.45) is 0 Å². The minimum absolute atomic E-state index is 2.25. The molecule has 0 amide bonds. The minimum atomic E-state index is -5.17. The Bertz CT molecular complexity index is 94.2. The highest BCUT2D eigenvalue weighted by atomic mass is 32.3. The summed E-state index contributed by atoms with van der Waals surface area (Å²) < 4.78 is 34.1. The van der Waals surface area contributed by atoms with Crippen LogP contribution in [0.4, 0.5) is 0 Å². The van der Waals surface area contributed by atoms with E-state index >= 15 is 0 Å². The van der Waals surface area contributed by atoms with Gasteiger partial charge in [0.05, 0.1) is 0 Å². The van der Waals surface area contributed by atoms with E-state index in [1.165, 1.54) is 0 Å². The third-order valence-electron chi connectivity index (χ3n) is 0. The molecule has 0 saturated heterocycles. The Morgan fingerprint density at radius 3 is 1.00 bits per heavy atom. The fourth-order valence-electron chi connectivity index (χ4n) is 0. The molecule has 0 aromatic carbocycles. The van der Waals surface area contributed by atoms with Crippen molar-refractivity contribution in [2.45, 2.75) is 0 Å². The molecule has 8 nitrogen and oxygen atoms in total. The van der Waals surface area contributed by atoms with Crippen molar-refractivity contribution in [2.75, 3.05) is 0 Å². The van der Waals surface area contributed by atoms with E-state index in [9.17, 15) is 0 Å². The fraction of sp³-hybridized carbons (Fsp3) is 0. The van der Waals surface area contributed by atoms with Crippen molar-refractivity contribution in [3.8, 4) is 0 Å². The van der Waals surface area contributed by atoms with Gasteiger partial charge in [-0.3, -0.25) is 8.42 Å². The van der Waals surface area contributed by atoms with Crippen molar-refractivity contribution in [3.05, 3.63) is 0 Å². The number of rotatable bonds is 0. The van der Waals surface area contributed by atoms with Gasteiger partial charge in [0.2, 0.25) is 0 Å². The fourth-order valence-corrected chi connectivity index (χ4v) is 0. The minimum Gasteiger partial charge on any atom is -0.759 e. The molecule has 0 fully saturated rings. The Balaban J connectivity index is -0.0000000771. The van der Waals surface area contributed by atoms with Crippen molar-refractivity contribution < 1.29 is 39.7 Å². The van der Waals surface area contributed by atoms with Gasteiger partial charge in [-0.25, -0.2) is 22.2 Å². The predicted octanol–water partition coefficient (Wildman–Crippen LogP) is -4.10. The first-order chi connectivity index (χ1) is 4.00. The topological polar surface area (TPSA) is 176 Å². The number of quaternary nitrogens is 2. The zero-order valence-electron chi connectivity index (χ0n) is 4.35. The Morgan fingerprint density at radius 1 is 1.00 bits per heavy atom. The molecule has 0 bridgehead atoms. The lowest BCUT2D eigenvalue weighted by atomic mass is 13.6. The molecule has 0 heterocycles. The molecule has 0 atom stereocenters. The van der Waals surface area contributed by atoms with Gasteiger partial charge in [-0.1, -0.05) is 0 Å². The standard InChI is InChI=1S/2H4NO.H2O4S/c2*1-2;1-5(2,3)4/h2*2H,1H3;(H2,1,2,3,4)/q2*+1;/p-2. The molecule has 9 heteroatoms. The lowest BCUT2D eigenvalue weighted by Crippen LogP contribution is -2.42. The maximum Gasteiger partial charge on any atom is 0.0311 e. The average molecular weight is 164 g/mol. The Kier molecular flexibility index (Phi) is 18.8. The molecule has 0 spiro atoms. The van der Waals surface area contributed by atoms with E-state index in [-0.39, 0.29) is 0 Å². The van der Waals surface area contributed by atoms with E-state index in [2.05, 4.69) is 11.8 Å². The monoisotopic (exact) mass is 164 g/mol. The Hall–Kier alpha value is -0.290. The molecule has 8 N–H and O–H groups in total. The molecule has 0 aromatic rings. The molecule has 0 unspecified atom stereocenters. The van der Waals surface area contributed by atoms with Crippen LogP contribution in [0.25, 0.3) is 0 Å². The average Bonchev–Trinajstić information content (AvgIpc) is 1.72. The van der Waals surface area contributed by atoms with E-state index in [0.717, 1.165) is 0 Å². The van der Waals surface area contributed by atoms with E-state index in [1.54, 1.807) is 0 Å². The predicted molar refractivity (Wildman–Crippen MR) is 19.8 cm³/mol. The van der Waals surface area contributed by atoms with Crippen molar-refractivity contribution >= 4 is 10.4 Å². The molecule has 0 aliphatic rings. The summed E-state index contributed by atoms with van der Waals surface area (Å²) >= 11 is 0. The van der Waals surface area contributed by atoms with Crippen molar-refractivity contribution in [1.82, 2.24) is 0 Å². The van der Waals surface area contributed by atoms with E-state index in [0.29, 0.717) is 0 Å². The lowest BCUT2D eigenvalue weighted by Gasteiger charge is -2.06. The van der Waals surface area contributed by atoms with Crippen molar-refractivity contribution in [1.29, 1.82) is 0 Å². The van der Waals surface area contributed by atoms with Crippen LogP contribution in [0.1, 0.15) is 0 Å². The summed E-state index contributed by atoms with van der Waals surface area (Å²) in [6.45, 7) is 0. The summed E-state index contributed by atoms with van der Waals surface area (Å²) in [5.74, 6) is 4.50. The molecule has 0 radical (unpaired) electrons. The molecular formula is H8N2O6S. The molecule has 60 valence electrons. The highest BCUT2D eigenvalue weighted by Crippen LogP contribution is 1.57. The normalized spacial score (nSPS) is 7.78. The summed E-state index contributed by atoms with van der Waals surface area (Å²) in [4.78, 5) is 0. The van der Waals surface area contributed by atoms with Crippen LogP contribution >= 0.6 is 0 Å². The Morgan fingerprint density at radius 2 is 1.00 bits per heavy atom. The summed E-state index contributed by atoms with van der Waals surface area (Å²) in [5.41, 5.74) is 0. The van der Waals surface area contributed by atoms with Gasteiger partial charge in [0.1, 0.15) is 0 Å². The number of hydrogen-bond acceptors (Lipinski definition) is 6. The van der Waals surface area contributed by atoms with Gasteiger partial charge in [-0.15, -0.1) is 0 Å². The quantitative estimate of drug-likeness (QED) is 0.160. The molecule has 9 heavy (non-hydrogen) atoms. The van der Waals surface area contributed by atoms with Gasteiger partial charge >= 0.3 is 0 Å². The van der Waals surface area contributed by atoms with Crippen LogP contribution in [-0.4, -0.2) is 27.9 Å². The molecule has 0 aliphatic heterocycles. The first kappa shape index (κ1) is 15.9. The first-order valence-corrected chi connectivity index (χ1v) is 2.63. The second-order valence-electron chi connectivity index (χ2n) is 0.408. The van der Waals surface area contributed by atoms with Gasteiger partial charge in [0.25, 0.3) is 0 Å². The summed E-state index contributed by atoms with van der Waals surface area (Å²) in [7, 11) is -5.17. The van der Waals surface area contributed by atoms with E-state index in [1.807, 2.05) is 0 Å². The van der Waals surface area contributed by atoms with Crippen LogP contribution in [0.5, 0.6) is 0 Å². The highest BCUT2D eigenvalue weighted by Gasteiger charge is 1.49. The molecule has 0 aromatic heterocycles. The summed E-state index contributed by atoms with van der Waals surface area (Å²) in [6, 6.07) is 0. The summed E-state index contributed by atoms with van der Waals surface area (Å²) in [6.07, 6.45) is 0. The number of hydrogen-bond donors (Lipinski definition) is 4. The molecule has 0 aliphatic carbocycles. The first-order valence-electron chi connectivity index (χ1n) is 1.30. The van der Waals surface area contributed by atoms with Crippen LogP contribution < -0.4 is 11.8 Å². The largest absolute Gasteiger partial charge is 0.759 e. The third kappa shape index (κ3) is 2990. The highest BCUT2D eigenvalue weighted by molar-refractivity contribution is 7.79. The molecule has 0 rings (SSSR count). The zero-order valence-corrected chi connectivity index (χ0v) is 5.17. The van der Waals surface area contributed by atoms with E-state index in [4.69, 9.17) is 27.9 Å². The molecular weight excluding hydrogens is 156 g/mol. The van der Waals surface area contributed by atoms with Crippen molar-refractivity contribution in [3.63, 3.8) is 0 Å². The maximum absolute atomic E-state index is 8.52. The maximum atomic E-state index is 8.52. The third-order valence-corrected chi connectivity index (χ3v) is 0. The van der Waals surface area contributed by atoms with Crippen LogP contribution in [0.15, 0.2) is 0 Å². The summed E-state index contributed by atoms with van der Waals surface area (Å²) in [5, 5.41) is 13.5. The van der Waals surface area contributed by atoms with E-state index < -0.39 is 10.4 Å². The Labute approximate surface area is 51.2 Å². The van der Waals surface area contributed by atoms with Crippen LogP contribution in [0.2, 0.25) is 0 Å².